The second kappa shape index (κ2) is 7.33. The van der Waals surface area contributed by atoms with E-state index < -0.39 is 6.10 Å². The predicted octanol–water partition coefficient (Wildman–Crippen LogP) is 1.47. The van der Waals surface area contributed by atoms with E-state index in [4.69, 9.17) is 0 Å². The van der Waals surface area contributed by atoms with Gasteiger partial charge in [0.25, 0.3) is 0 Å². The van der Waals surface area contributed by atoms with Gasteiger partial charge in [-0.05, 0) is 42.7 Å². The largest absolute Gasteiger partial charge is 0.391 e. The van der Waals surface area contributed by atoms with Crippen LogP contribution in [0, 0.1) is 5.92 Å². The number of carbonyl (C=O) groups is 1. The van der Waals surface area contributed by atoms with Gasteiger partial charge >= 0.3 is 0 Å². The smallest absolute Gasteiger partial charge is 0.223 e. The van der Waals surface area contributed by atoms with Crippen molar-refractivity contribution in [2.45, 2.75) is 25.4 Å². The Morgan fingerprint density at radius 1 is 1.17 bits per heavy atom. The molecule has 1 N–H and O–H groups in total. The number of likely N-dealkylation sites (tertiary alicyclic amines) is 1. The van der Waals surface area contributed by atoms with E-state index in [0.717, 1.165) is 17.7 Å². The zero-order valence-electron chi connectivity index (χ0n) is 13.0. The first-order valence-electron chi connectivity index (χ1n) is 7.97. The minimum absolute atomic E-state index is 0.0898. The Labute approximate surface area is 136 Å². The van der Waals surface area contributed by atoms with Crippen LogP contribution in [0.15, 0.2) is 48.9 Å². The fraction of sp³-hybridized carbons (Fsp3) is 0.389. The van der Waals surface area contributed by atoms with E-state index in [1.807, 2.05) is 30.3 Å². The van der Waals surface area contributed by atoms with Gasteiger partial charge in [0.15, 0.2) is 0 Å². The normalized spacial score (nSPS) is 20.7. The number of aromatic nitrogens is 2. The molecule has 1 aliphatic rings. The molecule has 0 unspecified atom stereocenters. The van der Waals surface area contributed by atoms with E-state index in [9.17, 15) is 9.90 Å². The van der Waals surface area contributed by atoms with Crippen LogP contribution in [0.5, 0.6) is 0 Å². The molecule has 2 aromatic rings. The fourth-order valence-corrected chi connectivity index (χ4v) is 3.02. The lowest BCUT2D eigenvalue weighted by Gasteiger charge is -2.16. The molecule has 23 heavy (non-hydrogen) atoms. The maximum atomic E-state index is 12.3. The highest BCUT2D eigenvalue weighted by atomic mass is 16.3. The van der Waals surface area contributed by atoms with Gasteiger partial charge in [-0.3, -0.25) is 14.8 Å². The molecule has 0 aliphatic carbocycles. The van der Waals surface area contributed by atoms with Crippen LogP contribution < -0.4 is 0 Å². The maximum absolute atomic E-state index is 12.3. The summed E-state index contributed by atoms with van der Waals surface area (Å²) in [6.07, 6.45) is 6.64. The summed E-state index contributed by atoms with van der Waals surface area (Å²) in [5.74, 6) is 0.183. The Morgan fingerprint density at radius 3 is 2.74 bits per heavy atom. The Bertz CT molecular complexity index is 633. The lowest BCUT2D eigenvalue weighted by molar-refractivity contribution is -0.130. The van der Waals surface area contributed by atoms with Gasteiger partial charge in [-0.1, -0.05) is 6.07 Å². The minimum atomic E-state index is -0.457. The van der Waals surface area contributed by atoms with E-state index in [0.29, 0.717) is 25.9 Å². The summed E-state index contributed by atoms with van der Waals surface area (Å²) in [7, 11) is 0. The molecule has 2 atom stereocenters. The number of aliphatic hydroxyl groups is 1. The van der Waals surface area contributed by atoms with Crippen molar-refractivity contribution < 1.29 is 9.90 Å². The van der Waals surface area contributed by atoms with Crippen molar-refractivity contribution in [3.8, 4) is 0 Å². The lowest BCUT2D eigenvalue weighted by atomic mass is 9.97. The Morgan fingerprint density at radius 2 is 2.00 bits per heavy atom. The van der Waals surface area contributed by atoms with E-state index in [1.165, 1.54) is 0 Å². The Kier molecular flexibility index (Phi) is 4.98. The number of hydrogen-bond acceptors (Lipinski definition) is 4. The van der Waals surface area contributed by atoms with Crippen LogP contribution in [0.25, 0.3) is 0 Å². The van der Waals surface area contributed by atoms with Crippen molar-refractivity contribution >= 4 is 5.91 Å². The maximum Gasteiger partial charge on any atom is 0.223 e. The molecule has 5 nitrogen and oxygen atoms in total. The first kappa shape index (κ1) is 15.6. The molecule has 0 radical (unpaired) electrons. The van der Waals surface area contributed by atoms with Gasteiger partial charge in [0.2, 0.25) is 5.91 Å². The first-order valence-corrected chi connectivity index (χ1v) is 7.97. The molecule has 3 heterocycles. The van der Waals surface area contributed by atoms with Crippen molar-refractivity contribution in [3.05, 3.63) is 60.2 Å². The van der Waals surface area contributed by atoms with Crippen molar-refractivity contribution in [3.63, 3.8) is 0 Å². The van der Waals surface area contributed by atoms with Gasteiger partial charge in [-0.15, -0.1) is 0 Å². The minimum Gasteiger partial charge on any atom is -0.391 e. The van der Waals surface area contributed by atoms with E-state index in [2.05, 4.69) is 9.97 Å². The number of rotatable bonds is 5. The van der Waals surface area contributed by atoms with Gasteiger partial charge in [-0.2, -0.15) is 0 Å². The third-order valence-corrected chi connectivity index (χ3v) is 4.33. The number of amides is 1. The summed E-state index contributed by atoms with van der Waals surface area (Å²) >= 11 is 0. The van der Waals surface area contributed by atoms with E-state index in [-0.39, 0.29) is 11.8 Å². The summed E-state index contributed by atoms with van der Waals surface area (Å²) < 4.78 is 0. The molecule has 0 spiro atoms. The number of pyridine rings is 2. The van der Waals surface area contributed by atoms with Crippen LogP contribution in [0.4, 0.5) is 0 Å². The van der Waals surface area contributed by atoms with Crippen LogP contribution in [0.1, 0.15) is 17.7 Å². The standard InChI is InChI=1S/C18H21N3O2/c22-17-13-21(12-15(17)11-14-6-9-19-10-7-14)18(23)5-4-16-3-1-2-8-20-16/h1-3,6-10,15,17,22H,4-5,11-13H2/t15-,17-/m1/s1. The summed E-state index contributed by atoms with van der Waals surface area (Å²) in [4.78, 5) is 22.4. The summed E-state index contributed by atoms with van der Waals surface area (Å²) in [6, 6.07) is 9.64. The molecule has 0 bridgehead atoms. The fourth-order valence-electron chi connectivity index (χ4n) is 3.02. The van der Waals surface area contributed by atoms with Gasteiger partial charge in [0.1, 0.15) is 0 Å². The highest BCUT2D eigenvalue weighted by Gasteiger charge is 2.33. The number of aliphatic hydroxyl groups excluding tert-OH is 1. The zero-order valence-corrected chi connectivity index (χ0v) is 13.0. The molecule has 1 aliphatic heterocycles. The quantitative estimate of drug-likeness (QED) is 0.908. The second-order valence-electron chi connectivity index (χ2n) is 6.01. The van der Waals surface area contributed by atoms with Crippen LogP contribution in [-0.4, -0.2) is 45.1 Å². The molecule has 0 aromatic carbocycles. The average molecular weight is 311 g/mol. The molecule has 1 fully saturated rings. The molecule has 120 valence electrons. The van der Waals surface area contributed by atoms with Crippen molar-refractivity contribution in [1.29, 1.82) is 0 Å². The zero-order chi connectivity index (χ0) is 16.1. The monoisotopic (exact) mass is 311 g/mol. The Hall–Kier alpha value is -2.27. The SMILES string of the molecule is O=C(CCc1ccccn1)N1C[C@@H](Cc2ccncc2)[C@H](O)C1. The van der Waals surface area contributed by atoms with Crippen molar-refractivity contribution in [2.75, 3.05) is 13.1 Å². The number of carbonyl (C=O) groups excluding carboxylic acids is 1. The predicted molar refractivity (Wildman–Crippen MR) is 86.6 cm³/mol. The number of aryl methyl sites for hydroxylation is 1. The van der Waals surface area contributed by atoms with E-state index >= 15 is 0 Å². The second-order valence-corrected chi connectivity index (χ2v) is 6.01. The van der Waals surface area contributed by atoms with Gasteiger partial charge in [0.05, 0.1) is 6.10 Å². The first-order chi connectivity index (χ1) is 11.2. The molecule has 3 rings (SSSR count). The van der Waals surface area contributed by atoms with Crippen molar-refractivity contribution in [1.82, 2.24) is 14.9 Å². The Balaban J connectivity index is 1.52. The van der Waals surface area contributed by atoms with Gasteiger partial charge in [0, 0.05) is 49.7 Å². The third-order valence-electron chi connectivity index (χ3n) is 4.33. The average Bonchev–Trinajstić information content (AvgIpc) is 2.95. The van der Waals surface area contributed by atoms with Crippen LogP contribution in [-0.2, 0) is 17.6 Å². The number of hydrogen-bond donors (Lipinski definition) is 1. The number of β-amino-alcohol motifs (C(OH)–C–C–N with tert-alkyl or cyclic N) is 1. The molecule has 1 saturated heterocycles. The van der Waals surface area contributed by atoms with E-state index in [1.54, 1.807) is 23.5 Å². The molecule has 0 saturated carbocycles. The van der Waals surface area contributed by atoms with Crippen LogP contribution in [0.3, 0.4) is 0 Å². The molecule has 2 aromatic heterocycles. The van der Waals surface area contributed by atoms with Crippen LogP contribution >= 0.6 is 0 Å². The molecular weight excluding hydrogens is 290 g/mol. The molecule has 5 heteroatoms. The highest BCUT2D eigenvalue weighted by Crippen LogP contribution is 2.22. The van der Waals surface area contributed by atoms with Gasteiger partial charge in [-0.25, -0.2) is 0 Å². The van der Waals surface area contributed by atoms with Gasteiger partial charge < -0.3 is 10.0 Å². The summed E-state index contributed by atoms with van der Waals surface area (Å²) in [5, 5.41) is 10.2. The highest BCUT2D eigenvalue weighted by molar-refractivity contribution is 5.76. The van der Waals surface area contributed by atoms with Crippen LogP contribution in [0.2, 0.25) is 0 Å². The summed E-state index contributed by atoms with van der Waals surface area (Å²) in [5.41, 5.74) is 2.07. The third kappa shape index (κ3) is 4.13. The molecular formula is C18H21N3O2. The topological polar surface area (TPSA) is 66.3 Å². The van der Waals surface area contributed by atoms with Crippen molar-refractivity contribution in [2.24, 2.45) is 5.92 Å². The molecule has 1 amide bonds. The number of nitrogens with zero attached hydrogens (tertiary/aromatic N) is 3. The summed E-state index contributed by atoms with van der Waals surface area (Å²) in [6.45, 7) is 1.04. The lowest BCUT2D eigenvalue weighted by Crippen LogP contribution is -2.29.